The van der Waals surface area contributed by atoms with Crippen LogP contribution in [0.25, 0.3) is 0 Å². The van der Waals surface area contributed by atoms with E-state index in [4.69, 9.17) is 5.73 Å². The summed E-state index contributed by atoms with van der Waals surface area (Å²) < 4.78 is 0. The molecule has 3 rings (SSSR count). The number of rotatable bonds is 5. The molecule has 0 saturated heterocycles. The Labute approximate surface area is 129 Å². The van der Waals surface area contributed by atoms with Crippen LogP contribution in [-0.4, -0.2) is 16.8 Å². The fraction of sp³-hybridized carbons (Fsp3) is 0.353. The minimum Gasteiger partial charge on any atom is -0.334 e. The quantitative estimate of drug-likeness (QED) is 0.921. The highest BCUT2D eigenvalue weighted by atomic mass is 32.1. The van der Waals surface area contributed by atoms with E-state index in [9.17, 15) is 4.79 Å². The maximum Gasteiger partial charge on any atom is 0.245 e. The van der Waals surface area contributed by atoms with Gasteiger partial charge in [-0.25, -0.2) is 0 Å². The highest BCUT2D eigenvalue weighted by Crippen LogP contribution is 2.31. The first-order valence-electron chi connectivity index (χ1n) is 7.30. The van der Waals surface area contributed by atoms with Crippen molar-refractivity contribution < 1.29 is 4.79 Å². The number of carbonyl (C=O) groups excluding carboxylic acids is 1. The van der Waals surface area contributed by atoms with Crippen LogP contribution in [0.4, 0.5) is 0 Å². The second-order valence-corrected chi connectivity index (χ2v) is 6.66. The highest BCUT2D eigenvalue weighted by Gasteiger charge is 2.35. The third-order valence-electron chi connectivity index (χ3n) is 3.86. The summed E-state index contributed by atoms with van der Waals surface area (Å²) in [6.07, 6.45) is 2.18. The molecule has 1 saturated carbocycles. The van der Waals surface area contributed by atoms with Crippen molar-refractivity contribution in [3.8, 4) is 0 Å². The van der Waals surface area contributed by atoms with Crippen LogP contribution in [0, 0.1) is 6.92 Å². The molecular formula is C17H20N2OS. The number of hydrogen-bond donors (Lipinski definition) is 1. The van der Waals surface area contributed by atoms with Crippen LogP contribution in [0.2, 0.25) is 0 Å². The summed E-state index contributed by atoms with van der Waals surface area (Å²) in [6.45, 7) is 2.73. The minimum atomic E-state index is -0.531. The third kappa shape index (κ3) is 3.34. The molecule has 1 heterocycles. The summed E-state index contributed by atoms with van der Waals surface area (Å²) in [5, 5.41) is 1.96. The fourth-order valence-electron chi connectivity index (χ4n) is 2.43. The highest BCUT2D eigenvalue weighted by molar-refractivity contribution is 7.10. The van der Waals surface area contributed by atoms with Gasteiger partial charge in [0.15, 0.2) is 0 Å². The lowest BCUT2D eigenvalue weighted by Crippen LogP contribution is -2.39. The zero-order chi connectivity index (χ0) is 14.8. The van der Waals surface area contributed by atoms with Gasteiger partial charge in [-0.05, 0) is 36.8 Å². The molecule has 1 unspecified atom stereocenters. The molecule has 0 spiro atoms. The average molecular weight is 300 g/mol. The molecule has 3 nitrogen and oxygen atoms in total. The van der Waals surface area contributed by atoms with Crippen LogP contribution < -0.4 is 5.73 Å². The lowest BCUT2D eigenvalue weighted by Gasteiger charge is -2.25. The van der Waals surface area contributed by atoms with Crippen molar-refractivity contribution in [2.75, 3.05) is 0 Å². The van der Waals surface area contributed by atoms with Crippen molar-refractivity contribution in [1.29, 1.82) is 0 Å². The predicted molar refractivity (Wildman–Crippen MR) is 86.0 cm³/mol. The first-order chi connectivity index (χ1) is 10.1. The summed E-state index contributed by atoms with van der Waals surface area (Å²) in [5.41, 5.74) is 8.55. The van der Waals surface area contributed by atoms with Gasteiger partial charge in [0.25, 0.3) is 0 Å². The van der Waals surface area contributed by atoms with Gasteiger partial charge in [-0.3, -0.25) is 4.79 Å². The molecule has 0 bridgehead atoms. The molecule has 0 radical (unpaired) electrons. The lowest BCUT2D eigenvalue weighted by molar-refractivity contribution is -0.133. The Morgan fingerprint density at radius 1 is 1.33 bits per heavy atom. The molecular weight excluding hydrogens is 280 g/mol. The molecule has 1 atom stereocenters. The number of nitrogens with zero attached hydrogens (tertiary/aromatic N) is 1. The van der Waals surface area contributed by atoms with Gasteiger partial charge in [0.1, 0.15) is 6.04 Å². The van der Waals surface area contributed by atoms with Gasteiger partial charge in [-0.1, -0.05) is 35.9 Å². The van der Waals surface area contributed by atoms with Crippen molar-refractivity contribution in [2.45, 2.75) is 38.4 Å². The van der Waals surface area contributed by atoms with E-state index in [1.807, 2.05) is 22.4 Å². The number of nitrogens with two attached hydrogens (primary N) is 1. The summed E-state index contributed by atoms with van der Waals surface area (Å²) in [6, 6.07) is 12.1. The SMILES string of the molecule is Cc1ccc(CN(C(=O)C(N)c2cccs2)C2CC2)cc1. The topological polar surface area (TPSA) is 46.3 Å². The number of carbonyl (C=O) groups is 1. The smallest absolute Gasteiger partial charge is 0.245 e. The van der Waals surface area contributed by atoms with Crippen molar-refractivity contribution >= 4 is 17.2 Å². The number of aryl methyl sites for hydroxylation is 1. The molecule has 21 heavy (non-hydrogen) atoms. The van der Waals surface area contributed by atoms with Crippen molar-refractivity contribution in [3.05, 3.63) is 57.8 Å². The van der Waals surface area contributed by atoms with Gasteiger partial charge >= 0.3 is 0 Å². The molecule has 2 N–H and O–H groups in total. The third-order valence-corrected chi connectivity index (χ3v) is 4.82. The molecule has 110 valence electrons. The minimum absolute atomic E-state index is 0.0422. The Bertz CT molecular complexity index is 602. The van der Waals surface area contributed by atoms with Gasteiger partial charge < -0.3 is 10.6 Å². The van der Waals surface area contributed by atoms with Crippen molar-refractivity contribution in [3.63, 3.8) is 0 Å². The van der Waals surface area contributed by atoms with E-state index < -0.39 is 6.04 Å². The standard InChI is InChI=1S/C17H20N2OS/c1-12-4-6-13(7-5-12)11-19(14-8-9-14)17(20)16(18)15-3-2-10-21-15/h2-7,10,14,16H,8-9,11,18H2,1H3. The zero-order valence-corrected chi connectivity index (χ0v) is 13.0. The van der Waals surface area contributed by atoms with E-state index in [0.717, 1.165) is 17.7 Å². The molecule has 1 amide bonds. The predicted octanol–water partition coefficient (Wildman–Crippen LogP) is 3.25. The molecule has 1 fully saturated rings. The maximum absolute atomic E-state index is 12.7. The van der Waals surface area contributed by atoms with E-state index in [-0.39, 0.29) is 5.91 Å². The summed E-state index contributed by atoms with van der Waals surface area (Å²) in [7, 11) is 0. The Balaban J connectivity index is 1.75. The Morgan fingerprint density at radius 2 is 2.05 bits per heavy atom. The van der Waals surface area contributed by atoms with Crippen LogP contribution in [0.5, 0.6) is 0 Å². The van der Waals surface area contributed by atoms with E-state index in [1.54, 1.807) is 11.3 Å². The molecule has 1 aliphatic rings. The number of thiophene rings is 1. The largest absolute Gasteiger partial charge is 0.334 e. The van der Waals surface area contributed by atoms with Gasteiger partial charge in [0.2, 0.25) is 5.91 Å². The Hall–Kier alpha value is -1.65. The number of benzene rings is 1. The molecule has 1 aliphatic carbocycles. The van der Waals surface area contributed by atoms with Crippen LogP contribution >= 0.6 is 11.3 Å². The van der Waals surface area contributed by atoms with E-state index in [0.29, 0.717) is 12.6 Å². The van der Waals surface area contributed by atoms with Gasteiger partial charge in [-0.15, -0.1) is 11.3 Å². The number of hydrogen-bond acceptors (Lipinski definition) is 3. The Morgan fingerprint density at radius 3 is 2.62 bits per heavy atom. The monoisotopic (exact) mass is 300 g/mol. The fourth-order valence-corrected chi connectivity index (χ4v) is 3.15. The van der Waals surface area contributed by atoms with Crippen LogP contribution in [0.1, 0.15) is 34.9 Å². The van der Waals surface area contributed by atoms with Crippen molar-refractivity contribution in [1.82, 2.24) is 4.90 Å². The summed E-state index contributed by atoms with van der Waals surface area (Å²) in [4.78, 5) is 15.6. The van der Waals surface area contributed by atoms with E-state index in [2.05, 4.69) is 31.2 Å². The zero-order valence-electron chi connectivity index (χ0n) is 12.2. The maximum atomic E-state index is 12.7. The normalized spacial score (nSPS) is 15.7. The van der Waals surface area contributed by atoms with Gasteiger partial charge in [0, 0.05) is 17.5 Å². The molecule has 1 aromatic heterocycles. The molecule has 2 aromatic rings. The summed E-state index contributed by atoms with van der Waals surface area (Å²) in [5.74, 6) is 0.0422. The average Bonchev–Trinajstić information content (AvgIpc) is 3.18. The molecule has 0 aliphatic heterocycles. The Kier molecular flexibility index (Phi) is 4.08. The van der Waals surface area contributed by atoms with E-state index in [1.165, 1.54) is 11.1 Å². The second-order valence-electron chi connectivity index (χ2n) is 5.68. The van der Waals surface area contributed by atoms with Crippen LogP contribution in [-0.2, 0) is 11.3 Å². The second kappa shape index (κ2) is 6.00. The van der Waals surface area contributed by atoms with Crippen molar-refractivity contribution in [2.24, 2.45) is 5.73 Å². The molecule has 4 heteroatoms. The van der Waals surface area contributed by atoms with E-state index >= 15 is 0 Å². The first-order valence-corrected chi connectivity index (χ1v) is 8.18. The number of amides is 1. The van der Waals surface area contributed by atoms with Gasteiger partial charge in [0.05, 0.1) is 0 Å². The van der Waals surface area contributed by atoms with Crippen LogP contribution in [0.3, 0.4) is 0 Å². The summed E-state index contributed by atoms with van der Waals surface area (Å²) >= 11 is 1.54. The first kappa shape index (κ1) is 14.3. The van der Waals surface area contributed by atoms with Crippen LogP contribution in [0.15, 0.2) is 41.8 Å². The molecule has 1 aromatic carbocycles. The van der Waals surface area contributed by atoms with Gasteiger partial charge in [-0.2, -0.15) is 0 Å². The lowest BCUT2D eigenvalue weighted by atomic mass is 10.1.